The van der Waals surface area contributed by atoms with Gasteiger partial charge in [-0.3, -0.25) is 4.79 Å². The Bertz CT molecular complexity index is 1310. The molecule has 5 rings (SSSR count). The van der Waals surface area contributed by atoms with Crippen LogP contribution in [0.1, 0.15) is 0 Å². The number of hydrogen-bond donors (Lipinski definition) is 1. The number of carbonyl (C=O) groups excluding carboxylic acids is 1. The second-order valence-corrected chi connectivity index (χ2v) is 8.87. The first-order valence-electron chi connectivity index (χ1n) is 12.3. The zero-order valence-corrected chi connectivity index (χ0v) is 20.7. The summed E-state index contributed by atoms with van der Waals surface area (Å²) in [5, 5.41) is 11.7. The van der Waals surface area contributed by atoms with Crippen LogP contribution in [0.2, 0.25) is 0 Å². The van der Waals surface area contributed by atoms with Crippen LogP contribution in [-0.4, -0.2) is 60.8 Å². The molecule has 188 valence electrons. The van der Waals surface area contributed by atoms with Gasteiger partial charge in [-0.2, -0.15) is 0 Å². The molecular weight excluding hydrogens is 466 g/mol. The Morgan fingerprint density at radius 1 is 0.811 bits per heavy atom. The minimum Gasteiger partial charge on any atom is -0.484 e. The molecule has 1 N–H and O–H groups in total. The number of aromatic nitrogens is 2. The molecule has 0 radical (unpaired) electrons. The number of nitrogens with one attached hydrogen (secondary N) is 1. The van der Waals surface area contributed by atoms with Crippen molar-refractivity contribution in [3.05, 3.63) is 91.0 Å². The van der Waals surface area contributed by atoms with Gasteiger partial charge < -0.3 is 24.6 Å². The van der Waals surface area contributed by atoms with Crippen molar-refractivity contribution >= 4 is 17.4 Å². The lowest BCUT2D eigenvalue weighted by Crippen LogP contribution is -2.44. The van der Waals surface area contributed by atoms with Gasteiger partial charge >= 0.3 is 0 Å². The molecule has 0 atom stereocenters. The van der Waals surface area contributed by atoms with E-state index in [4.69, 9.17) is 9.47 Å². The van der Waals surface area contributed by atoms with Crippen LogP contribution in [0.15, 0.2) is 91.0 Å². The number of hydrogen-bond acceptors (Lipinski definition) is 7. The van der Waals surface area contributed by atoms with Gasteiger partial charge in [0.25, 0.3) is 5.91 Å². The van der Waals surface area contributed by atoms with Crippen molar-refractivity contribution in [3.63, 3.8) is 0 Å². The van der Waals surface area contributed by atoms with Gasteiger partial charge in [0.15, 0.2) is 12.4 Å². The molecular formula is C29H29N5O3. The lowest BCUT2D eigenvalue weighted by molar-refractivity contribution is -0.118. The summed E-state index contributed by atoms with van der Waals surface area (Å²) in [5.41, 5.74) is 2.30. The normalized spacial score (nSPS) is 13.7. The summed E-state index contributed by atoms with van der Waals surface area (Å²) in [4.78, 5) is 17.0. The molecule has 1 aromatic heterocycles. The molecule has 2 heterocycles. The Morgan fingerprint density at radius 3 is 2.27 bits per heavy atom. The van der Waals surface area contributed by atoms with Crippen molar-refractivity contribution in [1.29, 1.82) is 0 Å². The van der Waals surface area contributed by atoms with E-state index in [1.165, 1.54) is 0 Å². The second kappa shape index (κ2) is 11.5. The number of piperazine rings is 1. The van der Waals surface area contributed by atoms with Crippen LogP contribution in [0.4, 0.5) is 11.5 Å². The van der Waals surface area contributed by atoms with E-state index in [0.29, 0.717) is 17.2 Å². The molecule has 0 saturated carbocycles. The van der Waals surface area contributed by atoms with Gasteiger partial charge in [-0.05, 0) is 67.7 Å². The van der Waals surface area contributed by atoms with Gasteiger partial charge in [0.2, 0.25) is 0 Å². The predicted octanol–water partition coefficient (Wildman–Crippen LogP) is 4.71. The van der Waals surface area contributed by atoms with E-state index in [1.54, 1.807) is 24.3 Å². The lowest BCUT2D eigenvalue weighted by Gasteiger charge is -2.32. The summed E-state index contributed by atoms with van der Waals surface area (Å²) < 4.78 is 11.4. The van der Waals surface area contributed by atoms with E-state index in [0.717, 1.165) is 49.0 Å². The third kappa shape index (κ3) is 6.62. The maximum Gasteiger partial charge on any atom is 0.262 e. The summed E-state index contributed by atoms with van der Waals surface area (Å²) in [6, 6.07) is 28.2. The average Bonchev–Trinajstić information content (AvgIpc) is 2.94. The van der Waals surface area contributed by atoms with Crippen LogP contribution in [0.5, 0.6) is 17.2 Å². The molecule has 8 heteroatoms. The third-order valence-corrected chi connectivity index (χ3v) is 6.09. The highest BCUT2D eigenvalue weighted by atomic mass is 16.5. The van der Waals surface area contributed by atoms with E-state index < -0.39 is 0 Å². The zero-order chi connectivity index (χ0) is 25.5. The SMILES string of the molecule is CN1CCN(c2ccc(-c3cccc(NC(=O)COc4ccc(Oc5ccccc5)cc4)c3)nn2)CC1. The molecule has 8 nitrogen and oxygen atoms in total. The average molecular weight is 496 g/mol. The topological polar surface area (TPSA) is 79.8 Å². The first kappa shape index (κ1) is 24.3. The molecule has 1 aliphatic heterocycles. The molecule has 0 aliphatic carbocycles. The highest BCUT2D eigenvalue weighted by molar-refractivity contribution is 5.92. The Kier molecular flexibility index (Phi) is 7.57. The number of carbonyl (C=O) groups is 1. The summed E-state index contributed by atoms with van der Waals surface area (Å²) in [7, 11) is 2.13. The molecule has 1 aliphatic rings. The number of rotatable bonds is 8. The fourth-order valence-electron chi connectivity index (χ4n) is 4.01. The van der Waals surface area contributed by atoms with E-state index in [-0.39, 0.29) is 12.5 Å². The van der Waals surface area contributed by atoms with Crippen molar-refractivity contribution in [2.24, 2.45) is 0 Å². The predicted molar refractivity (Wildman–Crippen MR) is 144 cm³/mol. The van der Waals surface area contributed by atoms with Gasteiger partial charge in [0.1, 0.15) is 17.2 Å². The van der Waals surface area contributed by atoms with E-state index >= 15 is 0 Å². The van der Waals surface area contributed by atoms with Gasteiger partial charge in [0, 0.05) is 37.4 Å². The van der Waals surface area contributed by atoms with Crippen LogP contribution in [0, 0.1) is 0 Å². The number of nitrogens with zero attached hydrogens (tertiary/aromatic N) is 4. The Labute approximate surface area is 216 Å². The summed E-state index contributed by atoms with van der Waals surface area (Å²) >= 11 is 0. The van der Waals surface area contributed by atoms with E-state index in [2.05, 4.69) is 32.4 Å². The van der Waals surface area contributed by atoms with Crippen molar-refractivity contribution < 1.29 is 14.3 Å². The highest BCUT2D eigenvalue weighted by Gasteiger charge is 2.16. The maximum absolute atomic E-state index is 12.5. The van der Waals surface area contributed by atoms with Gasteiger partial charge in [0.05, 0.1) is 5.69 Å². The summed E-state index contributed by atoms with van der Waals surface area (Å²) in [6.07, 6.45) is 0. The Morgan fingerprint density at radius 2 is 1.54 bits per heavy atom. The van der Waals surface area contributed by atoms with Crippen molar-refractivity contribution in [1.82, 2.24) is 15.1 Å². The van der Waals surface area contributed by atoms with Crippen LogP contribution in [-0.2, 0) is 4.79 Å². The molecule has 3 aromatic carbocycles. The number of para-hydroxylation sites is 1. The number of anilines is 2. The standard InChI is InChI=1S/C29H29N5O3/c1-33-16-18-34(19-17-33)28-15-14-27(31-32-28)22-6-5-7-23(20-22)30-29(35)21-36-24-10-12-26(13-11-24)37-25-8-3-2-4-9-25/h2-15,20H,16-19,21H2,1H3,(H,30,35). The summed E-state index contributed by atoms with van der Waals surface area (Å²) in [5.74, 6) is 2.67. The van der Waals surface area contributed by atoms with Crippen molar-refractivity contribution in [3.8, 4) is 28.5 Å². The Hall–Kier alpha value is -4.43. The molecule has 0 spiro atoms. The van der Waals surface area contributed by atoms with Crippen molar-refractivity contribution in [2.75, 3.05) is 50.1 Å². The van der Waals surface area contributed by atoms with Gasteiger partial charge in [-0.25, -0.2) is 0 Å². The molecule has 0 bridgehead atoms. The van der Waals surface area contributed by atoms with Crippen molar-refractivity contribution in [2.45, 2.75) is 0 Å². The van der Waals surface area contributed by atoms with Crippen LogP contribution in [0.25, 0.3) is 11.3 Å². The molecule has 1 saturated heterocycles. The third-order valence-electron chi connectivity index (χ3n) is 6.09. The first-order chi connectivity index (χ1) is 18.1. The Balaban J connectivity index is 1.13. The largest absolute Gasteiger partial charge is 0.484 e. The minimum absolute atomic E-state index is 0.108. The monoisotopic (exact) mass is 495 g/mol. The molecule has 37 heavy (non-hydrogen) atoms. The van der Waals surface area contributed by atoms with Crippen LogP contribution >= 0.6 is 0 Å². The highest BCUT2D eigenvalue weighted by Crippen LogP contribution is 2.24. The van der Waals surface area contributed by atoms with E-state index in [9.17, 15) is 4.79 Å². The molecule has 1 amide bonds. The zero-order valence-electron chi connectivity index (χ0n) is 20.7. The van der Waals surface area contributed by atoms with Gasteiger partial charge in [-0.15, -0.1) is 10.2 Å². The van der Waals surface area contributed by atoms with Crippen LogP contribution in [0.3, 0.4) is 0 Å². The summed E-state index contributed by atoms with van der Waals surface area (Å²) in [6.45, 7) is 3.81. The lowest BCUT2D eigenvalue weighted by atomic mass is 10.1. The van der Waals surface area contributed by atoms with Crippen LogP contribution < -0.4 is 19.7 Å². The number of likely N-dealkylation sites (N-methyl/N-ethyl adjacent to an activating group) is 1. The first-order valence-corrected chi connectivity index (χ1v) is 12.3. The smallest absolute Gasteiger partial charge is 0.262 e. The molecule has 4 aromatic rings. The van der Waals surface area contributed by atoms with E-state index in [1.807, 2.05) is 66.7 Å². The second-order valence-electron chi connectivity index (χ2n) is 8.87. The number of amides is 1. The fourth-order valence-corrected chi connectivity index (χ4v) is 4.01. The van der Waals surface area contributed by atoms with Gasteiger partial charge in [-0.1, -0.05) is 30.3 Å². The maximum atomic E-state index is 12.5. The number of ether oxygens (including phenoxy) is 2. The quantitative estimate of drug-likeness (QED) is 0.379. The minimum atomic E-state index is -0.252. The number of benzene rings is 3. The molecule has 1 fully saturated rings. The molecule has 0 unspecified atom stereocenters. The fraction of sp³-hybridized carbons (Fsp3) is 0.207.